The zero-order valence-electron chi connectivity index (χ0n) is 16.4. The van der Waals surface area contributed by atoms with Crippen molar-refractivity contribution >= 4 is 23.4 Å². The second kappa shape index (κ2) is 11.0. The number of aromatic nitrogens is 2. The number of methoxy groups -OCH3 is 2. The molecule has 0 bridgehead atoms. The number of hydrogen-bond donors (Lipinski definition) is 1. The van der Waals surface area contributed by atoms with Gasteiger partial charge in [0.25, 0.3) is 0 Å². The van der Waals surface area contributed by atoms with Gasteiger partial charge in [-0.2, -0.15) is 9.65 Å². The number of ether oxygens (including phenoxy) is 2. The molecule has 0 saturated carbocycles. The number of pyridine rings is 2. The fourth-order valence-corrected chi connectivity index (χ4v) is 2.25. The van der Waals surface area contributed by atoms with E-state index in [4.69, 9.17) is 5.26 Å². The Kier molecular flexibility index (Phi) is 8.10. The van der Waals surface area contributed by atoms with Gasteiger partial charge >= 0.3 is 11.9 Å². The molecule has 1 aromatic carbocycles. The Morgan fingerprint density at radius 2 is 1.58 bits per heavy atom. The minimum absolute atomic E-state index is 0.0921. The smallest absolute Gasteiger partial charge is 0.342 e. The standard InChI is InChI=1S/C14H10FN3O2.C7H6FNO2/c1-20-14(19)11-3-2-6-17-13(11)18-10-4-5-12(15)9(7-10)8-16;1-11-7(10)5-3-2-4-9-6(5)8/h2-7H,1H3,(H,17,18);2-4H,1H3. The molecule has 0 saturated heterocycles. The Morgan fingerprint density at radius 3 is 2.19 bits per heavy atom. The van der Waals surface area contributed by atoms with Gasteiger partial charge in [-0.15, -0.1) is 0 Å². The molecule has 1 N–H and O–H groups in total. The van der Waals surface area contributed by atoms with Gasteiger partial charge in [-0.25, -0.2) is 23.9 Å². The van der Waals surface area contributed by atoms with Crippen LogP contribution in [-0.2, 0) is 9.47 Å². The maximum absolute atomic E-state index is 13.2. The van der Waals surface area contributed by atoms with E-state index in [9.17, 15) is 18.4 Å². The zero-order valence-corrected chi connectivity index (χ0v) is 16.4. The van der Waals surface area contributed by atoms with Crippen molar-refractivity contribution in [1.29, 1.82) is 5.26 Å². The van der Waals surface area contributed by atoms with Gasteiger partial charge in [0.15, 0.2) is 0 Å². The van der Waals surface area contributed by atoms with Crippen LogP contribution >= 0.6 is 0 Å². The van der Waals surface area contributed by atoms with Crippen LogP contribution in [0.2, 0.25) is 0 Å². The Morgan fingerprint density at radius 1 is 0.968 bits per heavy atom. The summed E-state index contributed by atoms with van der Waals surface area (Å²) in [7, 11) is 2.46. The summed E-state index contributed by atoms with van der Waals surface area (Å²) in [4.78, 5) is 29.6. The summed E-state index contributed by atoms with van der Waals surface area (Å²) in [5.41, 5.74) is 0.463. The second-order valence-corrected chi connectivity index (χ2v) is 5.66. The van der Waals surface area contributed by atoms with Gasteiger partial charge in [0.1, 0.15) is 28.8 Å². The summed E-state index contributed by atoms with van der Waals surface area (Å²) in [6.07, 6.45) is 2.77. The molecule has 2 aromatic heterocycles. The summed E-state index contributed by atoms with van der Waals surface area (Å²) >= 11 is 0. The molecule has 31 heavy (non-hydrogen) atoms. The summed E-state index contributed by atoms with van der Waals surface area (Å²) in [6, 6.07) is 11.6. The van der Waals surface area contributed by atoms with Gasteiger partial charge in [0, 0.05) is 18.1 Å². The predicted molar refractivity (Wildman–Crippen MR) is 106 cm³/mol. The van der Waals surface area contributed by atoms with E-state index in [-0.39, 0.29) is 22.5 Å². The highest BCUT2D eigenvalue weighted by Crippen LogP contribution is 2.21. The molecule has 0 aliphatic carbocycles. The first-order valence-electron chi connectivity index (χ1n) is 8.60. The quantitative estimate of drug-likeness (QED) is 0.497. The molecular weight excluding hydrogens is 410 g/mol. The summed E-state index contributed by atoms with van der Waals surface area (Å²) in [6.45, 7) is 0. The first-order chi connectivity index (χ1) is 14.9. The molecule has 0 aliphatic rings. The Hall–Kier alpha value is -4.39. The Labute approximate surface area is 176 Å². The molecule has 0 spiro atoms. The van der Waals surface area contributed by atoms with Gasteiger partial charge in [-0.1, -0.05) is 0 Å². The van der Waals surface area contributed by atoms with Crippen LogP contribution in [0, 0.1) is 23.1 Å². The van der Waals surface area contributed by atoms with Crippen LogP contribution in [0.25, 0.3) is 0 Å². The van der Waals surface area contributed by atoms with Crippen molar-refractivity contribution in [2.75, 3.05) is 19.5 Å². The first kappa shape index (κ1) is 22.9. The number of carbonyl (C=O) groups excluding carboxylic acids is 2. The van der Waals surface area contributed by atoms with Crippen molar-refractivity contribution in [2.45, 2.75) is 0 Å². The summed E-state index contributed by atoms with van der Waals surface area (Å²) in [5.74, 6) is -2.39. The monoisotopic (exact) mass is 426 g/mol. The van der Waals surface area contributed by atoms with E-state index >= 15 is 0 Å². The molecule has 3 aromatic rings. The molecule has 0 fully saturated rings. The number of esters is 2. The topological polar surface area (TPSA) is 114 Å². The van der Waals surface area contributed by atoms with Crippen molar-refractivity contribution in [1.82, 2.24) is 9.97 Å². The van der Waals surface area contributed by atoms with Crippen molar-refractivity contribution in [3.05, 3.63) is 83.3 Å². The van der Waals surface area contributed by atoms with Crippen molar-refractivity contribution in [2.24, 2.45) is 0 Å². The van der Waals surface area contributed by atoms with E-state index in [0.717, 1.165) is 0 Å². The highest BCUT2D eigenvalue weighted by molar-refractivity contribution is 5.95. The van der Waals surface area contributed by atoms with Crippen LogP contribution in [0.15, 0.2) is 54.9 Å². The van der Waals surface area contributed by atoms with Crippen LogP contribution in [0.5, 0.6) is 0 Å². The fraction of sp³-hybridized carbons (Fsp3) is 0.0952. The molecule has 0 radical (unpaired) electrons. The minimum atomic E-state index is -0.806. The zero-order chi connectivity index (χ0) is 22.8. The number of nitrogens with zero attached hydrogens (tertiary/aromatic N) is 3. The molecule has 2 heterocycles. The average Bonchev–Trinajstić information content (AvgIpc) is 2.80. The SMILES string of the molecule is COC(=O)c1cccnc1F.COC(=O)c1cccnc1Nc1ccc(F)c(C#N)c1. The summed E-state index contributed by atoms with van der Waals surface area (Å²) < 4.78 is 34.8. The van der Waals surface area contributed by atoms with Gasteiger partial charge in [0.2, 0.25) is 5.95 Å². The van der Waals surface area contributed by atoms with Gasteiger partial charge in [-0.3, -0.25) is 0 Å². The number of hydrogen-bond acceptors (Lipinski definition) is 8. The highest BCUT2D eigenvalue weighted by atomic mass is 19.1. The third-order valence-corrected chi connectivity index (χ3v) is 3.73. The lowest BCUT2D eigenvalue weighted by Crippen LogP contribution is -2.07. The average molecular weight is 426 g/mol. The van der Waals surface area contributed by atoms with Crippen LogP contribution in [-0.4, -0.2) is 36.1 Å². The van der Waals surface area contributed by atoms with Crippen LogP contribution < -0.4 is 5.32 Å². The van der Waals surface area contributed by atoms with Crippen molar-refractivity contribution in [3.8, 4) is 6.07 Å². The number of nitriles is 1. The van der Waals surface area contributed by atoms with Crippen LogP contribution in [0.3, 0.4) is 0 Å². The van der Waals surface area contributed by atoms with E-state index in [1.165, 1.54) is 56.9 Å². The number of carbonyl (C=O) groups is 2. The second-order valence-electron chi connectivity index (χ2n) is 5.66. The largest absolute Gasteiger partial charge is 0.465 e. The Bertz CT molecular complexity index is 1130. The normalized spacial score (nSPS) is 9.52. The van der Waals surface area contributed by atoms with E-state index in [0.29, 0.717) is 5.69 Å². The molecule has 0 aliphatic heterocycles. The molecule has 158 valence electrons. The van der Waals surface area contributed by atoms with Gasteiger partial charge in [-0.05, 0) is 42.5 Å². The van der Waals surface area contributed by atoms with Crippen LogP contribution in [0.1, 0.15) is 26.3 Å². The highest BCUT2D eigenvalue weighted by Gasteiger charge is 2.13. The van der Waals surface area contributed by atoms with E-state index in [1.54, 1.807) is 18.2 Å². The van der Waals surface area contributed by atoms with Crippen LogP contribution in [0.4, 0.5) is 20.3 Å². The minimum Gasteiger partial charge on any atom is -0.465 e. The number of nitrogens with one attached hydrogen (secondary N) is 1. The lowest BCUT2D eigenvalue weighted by atomic mass is 10.2. The lowest BCUT2D eigenvalue weighted by Gasteiger charge is -2.09. The van der Waals surface area contributed by atoms with Gasteiger partial charge < -0.3 is 14.8 Å². The molecule has 0 atom stereocenters. The number of anilines is 2. The number of halogens is 2. The Balaban J connectivity index is 0.000000262. The van der Waals surface area contributed by atoms with E-state index in [2.05, 4.69) is 24.8 Å². The molecule has 3 rings (SSSR count). The van der Waals surface area contributed by atoms with E-state index < -0.39 is 23.7 Å². The number of benzene rings is 1. The lowest BCUT2D eigenvalue weighted by molar-refractivity contribution is 0.0588. The number of rotatable bonds is 4. The third kappa shape index (κ3) is 6.04. The fourth-order valence-electron chi connectivity index (χ4n) is 2.25. The van der Waals surface area contributed by atoms with Crippen molar-refractivity contribution < 1.29 is 27.8 Å². The van der Waals surface area contributed by atoms with E-state index in [1.807, 2.05) is 0 Å². The summed E-state index contributed by atoms with van der Waals surface area (Å²) in [5, 5.41) is 11.6. The maximum Gasteiger partial charge on any atom is 0.342 e. The molecule has 0 amide bonds. The van der Waals surface area contributed by atoms with Gasteiger partial charge in [0.05, 0.1) is 19.8 Å². The maximum atomic E-state index is 13.2. The molecule has 0 unspecified atom stereocenters. The predicted octanol–water partition coefficient (Wildman–Crippen LogP) is 3.63. The first-order valence-corrected chi connectivity index (χ1v) is 8.60. The molecular formula is C21H16F2N4O4. The molecule has 10 heteroatoms. The van der Waals surface area contributed by atoms with Crippen molar-refractivity contribution in [3.63, 3.8) is 0 Å². The third-order valence-electron chi connectivity index (χ3n) is 3.73. The molecule has 8 nitrogen and oxygen atoms in total.